The van der Waals surface area contributed by atoms with E-state index in [1.807, 2.05) is 17.0 Å². The zero-order valence-electron chi connectivity index (χ0n) is 12.1. The van der Waals surface area contributed by atoms with E-state index in [0.29, 0.717) is 13.1 Å². The van der Waals surface area contributed by atoms with Crippen LogP contribution in [-0.4, -0.2) is 44.0 Å². The molecule has 1 heterocycles. The van der Waals surface area contributed by atoms with E-state index < -0.39 is 0 Å². The molecule has 1 aromatic rings. The van der Waals surface area contributed by atoms with Gasteiger partial charge in [-0.05, 0) is 25.6 Å². The summed E-state index contributed by atoms with van der Waals surface area (Å²) >= 11 is 0. The molecule has 114 valence electrons. The fourth-order valence-electron chi connectivity index (χ4n) is 2.54. The van der Waals surface area contributed by atoms with Crippen molar-refractivity contribution in [3.8, 4) is 0 Å². The van der Waals surface area contributed by atoms with Crippen molar-refractivity contribution in [2.24, 2.45) is 0 Å². The summed E-state index contributed by atoms with van der Waals surface area (Å²) < 4.78 is 0. The quantitative estimate of drug-likeness (QED) is 0.904. The van der Waals surface area contributed by atoms with E-state index in [2.05, 4.69) is 36.3 Å². The number of anilines is 1. The van der Waals surface area contributed by atoms with E-state index in [9.17, 15) is 4.79 Å². The van der Waals surface area contributed by atoms with E-state index in [0.717, 1.165) is 6.54 Å². The summed E-state index contributed by atoms with van der Waals surface area (Å²) in [5, 5.41) is 2.94. The van der Waals surface area contributed by atoms with Crippen LogP contribution in [0.25, 0.3) is 0 Å². The molecule has 0 radical (unpaired) electrons. The molecule has 0 bridgehead atoms. The monoisotopic (exact) mass is 319 g/mol. The molecule has 1 N–H and O–H groups in total. The van der Waals surface area contributed by atoms with Crippen molar-refractivity contribution in [3.63, 3.8) is 0 Å². The maximum Gasteiger partial charge on any atom is 0.237 e. The van der Waals surface area contributed by atoms with Crippen LogP contribution in [0.2, 0.25) is 0 Å². The van der Waals surface area contributed by atoms with Crippen molar-refractivity contribution in [2.75, 3.05) is 32.1 Å². The first-order valence-electron chi connectivity index (χ1n) is 6.36. The molecule has 0 spiro atoms. The van der Waals surface area contributed by atoms with E-state index in [-0.39, 0.29) is 36.8 Å². The Hall–Kier alpha value is -0.970. The second kappa shape index (κ2) is 8.35. The Morgan fingerprint density at radius 1 is 1.35 bits per heavy atom. The maximum atomic E-state index is 12.1. The number of amides is 1. The maximum absolute atomic E-state index is 12.1. The van der Waals surface area contributed by atoms with Crippen molar-refractivity contribution in [3.05, 3.63) is 29.8 Å². The van der Waals surface area contributed by atoms with Crippen molar-refractivity contribution < 1.29 is 4.79 Å². The van der Waals surface area contributed by atoms with Crippen LogP contribution in [0.4, 0.5) is 5.69 Å². The zero-order chi connectivity index (χ0) is 13.1. The highest BCUT2D eigenvalue weighted by atomic mass is 35.5. The van der Waals surface area contributed by atoms with Crippen LogP contribution in [0.15, 0.2) is 24.3 Å². The SMILES string of the molecule is CNCC(=O)N1Cc2ccccc2N(C)CC1C.Cl.Cl. The number of rotatable bonds is 2. The number of halogens is 2. The average Bonchev–Trinajstić information content (AvgIpc) is 2.47. The first-order valence-corrected chi connectivity index (χ1v) is 6.36. The lowest BCUT2D eigenvalue weighted by Crippen LogP contribution is -2.45. The largest absolute Gasteiger partial charge is 0.372 e. The molecule has 2 rings (SSSR count). The number of carbonyl (C=O) groups is 1. The van der Waals surface area contributed by atoms with Crippen molar-refractivity contribution >= 4 is 36.4 Å². The Morgan fingerprint density at radius 3 is 2.65 bits per heavy atom. The topological polar surface area (TPSA) is 35.6 Å². The molecule has 0 aromatic heterocycles. The van der Waals surface area contributed by atoms with Gasteiger partial charge in [0.1, 0.15) is 0 Å². The molecule has 0 saturated carbocycles. The van der Waals surface area contributed by atoms with Crippen molar-refractivity contribution in [1.82, 2.24) is 10.2 Å². The fourth-order valence-corrected chi connectivity index (χ4v) is 2.54. The Labute approximate surface area is 133 Å². The van der Waals surface area contributed by atoms with Gasteiger partial charge in [-0.25, -0.2) is 0 Å². The predicted octanol–water partition coefficient (Wildman–Crippen LogP) is 1.92. The molecule has 1 unspecified atom stereocenters. The molecule has 1 aliphatic rings. The van der Waals surface area contributed by atoms with Crippen molar-refractivity contribution in [1.29, 1.82) is 0 Å². The summed E-state index contributed by atoms with van der Waals surface area (Å²) in [6, 6.07) is 8.52. The molecule has 1 atom stereocenters. The third kappa shape index (κ3) is 4.01. The number of carbonyl (C=O) groups excluding carboxylic acids is 1. The minimum absolute atomic E-state index is 0. The van der Waals surface area contributed by atoms with Crippen LogP contribution in [0, 0.1) is 0 Å². The van der Waals surface area contributed by atoms with Gasteiger partial charge in [-0.2, -0.15) is 0 Å². The number of nitrogens with zero attached hydrogens (tertiary/aromatic N) is 2. The van der Waals surface area contributed by atoms with Crippen LogP contribution in [0.1, 0.15) is 12.5 Å². The smallest absolute Gasteiger partial charge is 0.237 e. The number of hydrogen-bond donors (Lipinski definition) is 1. The highest BCUT2D eigenvalue weighted by Gasteiger charge is 2.25. The van der Waals surface area contributed by atoms with Crippen LogP contribution < -0.4 is 10.2 Å². The molecule has 4 nitrogen and oxygen atoms in total. The summed E-state index contributed by atoms with van der Waals surface area (Å²) in [6.07, 6.45) is 0. The molecule has 6 heteroatoms. The van der Waals surface area contributed by atoms with Crippen LogP contribution in [0.3, 0.4) is 0 Å². The number of para-hydroxylation sites is 1. The van der Waals surface area contributed by atoms with Gasteiger partial charge in [0, 0.05) is 31.9 Å². The molecule has 1 amide bonds. The highest BCUT2D eigenvalue weighted by molar-refractivity contribution is 5.85. The van der Waals surface area contributed by atoms with Gasteiger partial charge in [0.25, 0.3) is 0 Å². The van der Waals surface area contributed by atoms with Gasteiger partial charge >= 0.3 is 0 Å². The normalized spacial score (nSPS) is 17.4. The van der Waals surface area contributed by atoms with Crippen LogP contribution >= 0.6 is 24.8 Å². The Kier molecular flexibility index (Phi) is 7.94. The summed E-state index contributed by atoms with van der Waals surface area (Å²) in [7, 11) is 3.89. The second-order valence-electron chi connectivity index (χ2n) is 4.91. The lowest BCUT2D eigenvalue weighted by molar-refractivity contribution is -0.132. The van der Waals surface area contributed by atoms with Gasteiger partial charge < -0.3 is 15.1 Å². The van der Waals surface area contributed by atoms with Crippen LogP contribution in [0.5, 0.6) is 0 Å². The average molecular weight is 320 g/mol. The van der Waals surface area contributed by atoms with Gasteiger partial charge in [-0.15, -0.1) is 24.8 Å². The van der Waals surface area contributed by atoms with Gasteiger partial charge in [0.2, 0.25) is 5.91 Å². The van der Waals surface area contributed by atoms with Gasteiger partial charge in [0.05, 0.1) is 6.54 Å². The number of fused-ring (bicyclic) bond motifs is 1. The first-order chi connectivity index (χ1) is 8.63. The highest BCUT2D eigenvalue weighted by Crippen LogP contribution is 2.25. The van der Waals surface area contributed by atoms with Gasteiger partial charge in [0.15, 0.2) is 0 Å². The molecular formula is C14H23Cl2N3O. The third-order valence-corrected chi connectivity index (χ3v) is 3.46. The lowest BCUT2D eigenvalue weighted by atomic mass is 10.1. The fraction of sp³-hybridized carbons (Fsp3) is 0.500. The first kappa shape index (κ1) is 19.0. The summed E-state index contributed by atoms with van der Waals surface area (Å²) in [4.78, 5) is 16.3. The summed E-state index contributed by atoms with van der Waals surface area (Å²) in [5.41, 5.74) is 2.44. The lowest BCUT2D eigenvalue weighted by Gasteiger charge is -2.28. The summed E-state index contributed by atoms with van der Waals surface area (Å²) in [6.45, 7) is 4.07. The van der Waals surface area contributed by atoms with Gasteiger partial charge in [-0.1, -0.05) is 18.2 Å². The van der Waals surface area contributed by atoms with E-state index in [1.165, 1.54) is 11.3 Å². The minimum atomic E-state index is 0. The van der Waals surface area contributed by atoms with Gasteiger partial charge in [-0.3, -0.25) is 4.79 Å². The van der Waals surface area contributed by atoms with Crippen LogP contribution in [-0.2, 0) is 11.3 Å². The summed E-state index contributed by atoms with van der Waals surface area (Å²) in [5.74, 6) is 0.162. The number of hydrogen-bond acceptors (Lipinski definition) is 3. The standard InChI is InChI=1S/C14H21N3O.2ClH/c1-11-9-16(3)13-7-5-4-6-12(13)10-17(11)14(18)8-15-2;;/h4-7,11,15H,8-10H2,1-3H3;2*1H. The Bertz CT molecular complexity index is 442. The molecule has 0 fully saturated rings. The Balaban J connectivity index is 0.00000180. The van der Waals surface area contributed by atoms with E-state index in [4.69, 9.17) is 0 Å². The van der Waals surface area contributed by atoms with Crippen molar-refractivity contribution in [2.45, 2.75) is 19.5 Å². The molecule has 1 aliphatic heterocycles. The third-order valence-electron chi connectivity index (χ3n) is 3.46. The number of benzene rings is 1. The molecule has 20 heavy (non-hydrogen) atoms. The minimum Gasteiger partial charge on any atom is -0.372 e. The Morgan fingerprint density at radius 2 is 2.00 bits per heavy atom. The van der Waals surface area contributed by atoms with E-state index >= 15 is 0 Å². The van der Waals surface area contributed by atoms with E-state index in [1.54, 1.807) is 7.05 Å². The molecule has 0 aliphatic carbocycles. The number of likely N-dealkylation sites (N-methyl/N-ethyl adjacent to an activating group) is 2. The number of nitrogens with one attached hydrogen (secondary N) is 1. The zero-order valence-corrected chi connectivity index (χ0v) is 13.8. The predicted molar refractivity (Wildman–Crippen MR) is 88.1 cm³/mol. The molecule has 0 saturated heterocycles. The second-order valence-corrected chi connectivity index (χ2v) is 4.91. The molecule has 1 aromatic carbocycles. The molecular weight excluding hydrogens is 297 g/mol.